The maximum absolute atomic E-state index is 13.7. The molecular formula is C19H19ClFNO2. The van der Waals surface area contributed by atoms with Crippen LogP contribution < -0.4 is 5.32 Å². The van der Waals surface area contributed by atoms with Gasteiger partial charge in [0.2, 0.25) is 5.91 Å². The van der Waals surface area contributed by atoms with Gasteiger partial charge < -0.3 is 10.1 Å². The Morgan fingerprint density at radius 1 is 1.12 bits per heavy atom. The SMILES string of the molecule is O=C(N[C@H](c1cccc(F)c1)c1cccc(Cl)c1)C1CCOCC1. The number of hydrogen-bond donors (Lipinski definition) is 1. The molecule has 1 fully saturated rings. The summed E-state index contributed by atoms with van der Waals surface area (Å²) in [4.78, 5) is 12.6. The fraction of sp³-hybridized carbons (Fsp3) is 0.316. The molecule has 0 unspecified atom stereocenters. The van der Waals surface area contributed by atoms with Crippen molar-refractivity contribution in [1.82, 2.24) is 5.32 Å². The van der Waals surface area contributed by atoms with E-state index in [0.29, 0.717) is 36.6 Å². The molecule has 0 aliphatic carbocycles. The maximum atomic E-state index is 13.7. The first kappa shape index (κ1) is 16.9. The van der Waals surface area contributed by atoms with Gasteiger partial charge in [-0.05, 0) is 48.2 Å². The van der Waals surface area contributed by atoms with E-state index in [-0.39, 0.29) is 17.6 Å². The summed E-state index contributed by atoms with van der Waals surface area (Å²) in [7, 11) is 0. The van der Waals surface area contributed by atoms with Crippen LogP contribution in [0, 0.1) is 11.7 Å². The summed E-state index contributed by atoms with van der Waals surface area (Å²) in [6.07, 6.45) is 1.41. The third-order valence-corrected chi connectivity index (χ3v) is 4.48. The molecule has 126 valence electrons. The van der Waals surface area contributed by atoms with E-state index in [0.717, 1.165) is 5.56 Å². The van der Waals surface area contributed by atoms with Crippen LogP contribution >= 0.6 is 11.6 Å². The van der Waals surface area contributed by atoms with Gasteiger partial charge in [-0.1, -0.05) is 35.9 Å². The van der Waals surface area contributed by atoms with Crippen LogP contribution in [0.3, 0.4) is 0 Å². The van der Waals surface area contributed by atoms with E-state index in [9.17, 15) is 9.18 Å². The molecule has 1 atom stereocenters. The molecule has 3 rings (SSSR count). The molecule has 1 heterocycles. The van der Waals surface area contributed by atoms with Gasteiger partial charge in [-0.3, -0.25) is 4.79 Å². The highest BCUT2D eigenvalue weighted by Crippen LogP contribution is 2.26. The third-order valence-electron chi connectivity index (χ3n) is 4.24. The highest BCUT2D eigenvalue weighted by molar-refractivity contribution is 6.30. The Labute approximate surface area is 145 Å². The number of halogens is 2. The first-order valence-electron chi connectivity index (χ1n) is 8.02. The molecule has 0 aromatic heterocycles. The number of nitrogens with one attached hydrogen (secondary N) is 1. The zero-order valence-electron chi connectivity index (χ0n) is 13.2. The molecule has 1 saturated heterocycles. The predicted octanol–water partition coefficient (Wildman–Crippen LogP) is 4.11. The molecular weight excluding hydrogens is 329 g/mol. The summed E-state index contributed by atoms with van der Waals surface area (Å²) >= 11 is 6.09. The summed E-state index contributed by atoms with van der Waals surface area (Å²) in [5.74, 6) is -0.443. The largest absolute Gasteiger partial charge is 0.381 e. The molecule has 0 bridgehead atoms. The van der Waals surface area contributed by atoms with Gasteiger partial charge in [0.05, 0.1) is 6.04 Å². The van der Waals surface area contributed by atoms with E-state index in [1.54, 1.807) is 24.3 Å². The van der Waals surface area contributed by atoms with E-state index >= 15 is 0 Å². The molecule has 1 aliphatic heterocycles. The number of carbonyl (C=O) groups excluding carboxylic acids is 1. The minimum Gasteiger partial charge on any atom is -0.381 e. The Balaban J connectivity index is 1.88. The Morgan fingerprint density at radius 3 is 2.46 bits per heavy atom. The highest BCUT2D eigenvalue weighted by atomic mass is 35.5. The Hall–Kier alpha value is -1.91. The monoisotopic (exact) mass is 347 g/mol. The maximum Gasteiger partial charge on any atom is 0.224 e. The second-order valence-electron chi connectivity index (χ2n) is 5.94. The number of benzene rings is 2. The minimum absolute atomic E-state index is 0.0347. The summed E-state index contributed by atoms with van der Waals surface area (Å²) in [5.41, 5.74) is 1.52. The summed E-state index contributed by atoms with van der Waals surface area (Å²) in [5, 5.41) is 3.63. The smallest absolute Gasteiger partial charge is 0.224 e. The van der Waals surface area contributed by atoms with E-state index < -0.39 is 6.04 Å². The van der Waals surface area contributed by atoms with Crippen molar-refractivity contribution in [3.05, 3.63) is 70.5 Å². The third kappa shape index (κ3) is 4.13. The molecule has 1 amide bonds. The van der Waals surface area contributed by atoms with Gasteiger partial charge in [0.1, 0.15) is 5.82 Å². The molecule has 2 aromatic rings. The lowest BCUT2D eigenvalue weighted by atomic mass is 9.95. The van der Waals surface area contributed by atoms with Crippen LogP contribution in [0.2, 0.25) is 5.02 Å². The van der Waals surface area contributed by atoms with Crippen molar-refractivity contribution >= 4 is 17.5 Å². The van der Waals surface area contributed by atoms with Crippen molar-refractivity contribution in [2.45, 2.75) is 18.9 Å². The predicted molar refractivity (Wildman–Crippen MR) is 91.4 cm³/mol. The van der Waals surface area contributed by atoms with E-state index in [4.69, 9.17) is 16.3 Å². The quantitative estimate of drug-likeness (QED) is 0.903. The van der Waals surface area contributed by atoms with Gasteiger partial charge in [-0.2, -0.15) is 0 Å². The highest BCUT2D eigenvalue weighted by Gasteiger charge is 2.25. The van der Waals surface area contributed by atoms with Crippen LogP contribution in [0.15, 0.2) is 48.5 Å². The lowest BCUT2D eigenvalue weighted by Gasteiger charge is -2.26. The first-order valence-corrected chi connectivity index (χ1v) is 8.40. The second kappa shape index (κ2) is 7.77. The van der Waals surface area contributed by atoms with Crippen LogP contribution in [0.4, 0.5) is 4.39 Å². The molecule has 1 aliphatic rings. The van der Waals surface area contributed by atoms with Gasteiger partial charge in [0.15, 0.2) is 0 Å². The van der Waals surface area contributed by atoms with E-state index in [1.807, 2.05) is 12.1 Å². The van der Waals surface area contributed by atoms with Gasteiger partial charge in [0, 0.05) is 24.2 Å². The number of rotatable bonds is 4. The molecule has 5 heteroatoms. The molecule has 3 nitrogen and oxygen atoms in total. The van der Waals surface area contributed by atoms with Gasteiger partial charge in [0.25, 0.3) is 0 Å². The van der Waals surface area contributed by atoms with Crippen molar-refractivity contribution in [3.63, 3.8) is 0 Å². The van der Waals surface area contributed by atoms with Gasteiger partial charge in [-0.25, -0.2) is 4.39 Å². The van der Waals surface area contributed by atoms with Crippen LogP contribution in [-0.2, 0) is 9.53 Å². The first-order chi connectivity index (χ1) is 11.6. The van der Waals surface area contributed by atoms with Crippen molar-refractivity contribution in [2.24, 2.45) is 5.92 Å². The Kier molecular flexibility index (Phi) is 5.48. The molecule has 24 heavy (non-hydrogen) atoms. The van der Waals surface area contributed by atoms with Crippen molar-refractivity contribution in [3.8, 4) is 0 Å². The van der Waals surface area contributed by atoms with E-state index in [1.165, 1.54) is 12.1 Å². The van der Waals surface area contributed by atoms with E-state index in [2.05, 4.69) is 5.32 Å². The fourth-order valence-electron chi connectivity index (χ4n) is 2.95. The normalized spacial score (nSPS) is 16.6. The lowest BCUT2D eigenvalue weighted by Crippen LogP contribution is -2.37. The van der Waals surface area contributed by atoms with Crippen LogP contribution in [-0.4, -0.2) is 19.1 Å². The average molecular weight is 348 g/mol. The molecule has 2 aromatic carbocycles. The Bertz CT molecular complexity index is 671. The van der Waals surface area contributed by atoms with Crippen molar-refractivity contribution in [1.29, 1.82) is 0 Å². The zero-order valence-corrected chi connectivity index (χ0v) is 13.9. The number of ether oxygens (including phenoxy) is 1. The van der Waals surface area contributed by atoms with Crippen molar-refractivity contribution < 1.29 is 13.9 Å². The van der Waals surface area contributed by atoms with Gasteiger partial charge >= 0.3 is 0 Å². The summed E-state index contributed by atoms with van der Waals surface area (Å²) in [6, 6.07) is 13.1. The summed E-state index contributed by atoms with van der Waals surface area (Å²) in [6.45, 7) is 1.19. The van der Waals surface area contributed by atoms with Crippen LogP contribution in [0.25, 0.3) is 0 Å². The number of carbonyl (C=O) groups is 1. The zero-order chi connectivity index (χ0) is 16.9. The fourth-order valence-corrected chi connectivity index (χ4v) is 3.15. The molecule has 0 saturated carbocycles. The Morgan fingerprint density at radius 2 is 1.79 bits per heavy atom. The second-order valence-corrected chi connectivity index (χ2v) is 6.37. The lowest BCUT2D eigenvalue weighted by molar-refractivity contribution is -0.128. The molecule has 0 radical (unpaired) electrons. The molecule has 1 N–H and O–H groups in total. The standard InChI is InChI=1S/C19H19ClFNO2/c20-16-5-1-3-14(11-16)18(15-4-2-6-17(21)12-15)22-19(23)13-7-9-24-10-8-13/h1-6,11-13,18H,7-10H2,(H,22,23)/t18-/m0/s1. The van der Waals surface area contributed by atoms with Crippen molar-refractivity contribution in [2.75, 3.05) is 13.2 Å². The average Bonchev–Trinajstić information content (AvgIpc) is 2.60. The number of amides is 1. The van der Waals surface area contributed by atoms with Crippen LogP contribution in [0.5, 0.6) is 0 Å². The van der Waals surface area contributed by atoms with Gasteiger partial charge in [-0.15, -0.1) is 0 Å². The van der Waals surface area contributed by atoms with Crippen LogP contribution in [0.1, 0.15) is 30.0 Å². The number of hydrogen-bond acceptors (Lipinski definition) is 2. The minimum atomic E-state index is -0.435. The topological polar surface area (TPSA) is 38.3 Å². The molecule has 0 spiro atoms. The summed E-state index contributed by atoms with van der Waals surface area (Å²) < 4.78 is 19.0.